The van der Waals surface area contributed by atoms with Crippen molar-refractivity contribution >= 4 is 25.6 Å². The molecule has 0 radical (unpaired) electrons. The van der Waals surface area contributed by atoms with Gasteiger partial charge in [0.15, 0.2) is 0 Å². The summed E-state index contributed by atoms with van der Waals surface area (Å²) in [4.78, 5) is 11.6. The molecule has 7 heteroatoms. The fraction of sp³-hybridized carbons (Fsp3) is 0.417. The molecule has 1 aromatic carbocycles. The Kier molecular flexibility index (Phi) is 3.82. The summed E-state index contributed by atoms with van der Waals surface area (Å²) < 4.78 is 35.9. The van der Waals surface area contributed by atoms with Gasteiger partial charge >= 0.3 is 0 Å². The summed E-state index contributed by atoms with van der Waals surface area (Å²) in [7, 11) is 1.19. The van der Waals surface area contributed by atoms with E-state index in [9.17, 15) is 17.6 Å². The van der Waals surface area contributed by atoms with Crippen LogP contribution >= 0.6 is 10.7 Å². The van der Waals surface area contributed by atoms with Crippen molar-refractivity contribution in [2.45, 2.75) is 30.7 Å². The summed E-state index contributed by atoms with van der Waals surface area (Å²) in [6, 6.07) is 2.93. The molecule has 1 aromatic rings. The summed E-state index contributed by atoms with van der Waals surface area (Å²) in [5.74, 6) is -0.838. The zero-order valence-corrected chi connectivity index (χ0v) is 11.8. The van der Waals surface area contributed by atoms with Gasteiger partial charge in [-0.1, -0.05) is 6.92 Å². The van der Waals surface area contributed by atoms with Crippen LogP contribution in [0.3, 0.4) is 0 Å². The van der Waals surface area contributed by atoms with E-state index in [0.717, 1.165) is 31.0 Å². The molecule has 1 fully saturated rings. The highest BCUT2D eigenvalue weighted by Gasteiger charge is 2.28. The van der Waals surface area contributed by atoms with Crippen LogP contribution in [0.15, 0.2) is 23.1 Å². The fourth-order valence-corrected chi connectivity index (χ4v) is 2.89. The molecule has 0 bridgehead atoms. The van der Waals surface area contributed by atoms with Gasteiger partial charge in [0.05, 0.1) is 10.5 Å². The van der Waals surface area contributed by atoms with E-state index >= 15 is 0 Å². The monoisotopic (exact) mass is 305 g/mol. The van der Waals surface area contributed by atoms with Crippen LogP contribution in [0.1, 0.15) is 30.1 Å². The summed E-state index contributed by atoms with van der Waals surface area (Å²) in [5.41, 5.74) is -0.304. The van der Waals surface area contributed by atoms with Gasteiger partial charge in [-0.2, -0.15) is 0 Å². The number of halogens is 2. The second-order valence-corrected chi connectivity index (χ2v) is 7.39. The molecule has 0 unspecified atom stereocenters. The molecule has 1 N–H and O–H groups in total. The van der Waals surface area contributed by atoms with Gasteiger partial charge < -0.3 is 5.32 Å². The van der Waals surface area contributed by atoms with Crippen LogP contribution in [-0.4, -0.2) is 20.4 Å². The minimum atomic E-state index is -3.98. The van der Waals surface area contributed by atoms with Crippen molar-refractivity contribution in [3.63, 3.8) is 0 Å². The van der Waals surface area contributed by atoms with Crippen molar-refractivity contribution in [2.75, 3.05) is 0 Å². The third kappa shape index (κ3) is 3.25. The van der Waals surface area contributed by atoms with Crippen LogP contribution in [0.2, 0.25) is 0 Å². The zero-order chi connectivity index (χ0) is 14.2. The molecular weight excluding hydrogens is 293 g/mol. The second-order valence-electron chi connectivity index (χ2n) is 4.83. The molecular formula is C12H13ClFNO3S. The van der Waals surface area contributed by atoms with Crippen LogP contribution < -0.4 is 5.32 Å². The third-order valence-corrected chi connectivity index (χ3v) is 4.52. The van der Waals surface area contributed by atoms with Crippen molar-refractivity contribution in [1.82, 2.24) is 5.32 Å². The minimum absolute atomic E-state index is 0.0261. The Morgan fingerprint density at radius 2 is 2.05 bits per heavy atom. The SMILES string of the molecule is CC1CC(NC(=O)c2cc(S(=O)(=O)Cl)ccc2F)C1. The molecule has 0 spiro atoms. The van der Waals surface area contributed by atoms with Crippen LogP contribution in [0.25, 0.3) is 0 Å². The molecule has 1 saturated carbocycles. The van der Waals surface area contributed by atoms with E-state index in [1.165, 1.54) is 0 Å². The number of nitrogens with one attached hydrogen (secondary N) is 1. The van der Waals surface area contributed by atoms with Gasteiger partial charge in [0.25, 0.3) is 15.0 Å². The summed E-state index contributed by atoms with van der Waals surface area (Å²) in [6.45, 7) is 2.06. The van der Waals surface area contributed by atoms with E-state index in [-0.39, 0.29) is 16.5 Å². The highest BCUT2D eigenvalue weighted by Crippen LogP contribution is 2.27. The second kappa shape index (κ2) is 5.09. The number of carbonyl (C=O) groups excluding carboxylic acids is 1. The summed E-state index contributed by atoms with van der Waals surface area (Å²) in [6.07, 6.45) is 1.70. The topological polar surface area (TPSA) is 63.2 Å². The van der Waals surface area contributed by atoms with Crippen molar-refractivity contribution in [3.05, 3.63) is 29.6 Å². The third-order valence-electron chi connectivity index (χ3n) is 3.17. The number of carbonyl (C=O) groups is 1. The predicted molar refractivity (Wildman–Crippen MR) is 69.1 cm³/mol. The highest BCUT2D eigenvalue weighted by molar-refractivity contribution is 8.13. The Morgan fingerprint density at radius 1 is 1.42 bits per heavy atom. The van der Waals surface area contributed by atoms with Crippen molar-refractivity contribution in [1.29, 1.82) is 0 Å². The fourth-order valence-electron chi connectivity index (χ4n) is 2.11. The van der Waals surface area contributed by atoms with Crippen molar-refractivity contribution in [2.24, 2.45) is 5.92 Å². The van der Waals surface area contributed by atoms with E-state index in [4.69, 9.17) is 10.7 Å². The smallest absolute Gasteiger partial charge is 0.261 e. The van der Waals surface area contributed by atoms with E-state index in [0.29, 0.717) is 5.92 Å². The van der Waals surface area contributed by atoms with Crippen molar-refractivity contribution in [3.8, 4) is 0 Å². The first-order valence-corrected chi connectivity index (χ1v) is 8.13. The van der Waals surface area contributed by atoms with E-state index < -0.39 is 20.8 Å². The Bertz CT molecular complexity index is 611. The van der Waals surface area contributed by atoms with E-state index in [1.807, 2.05) is 0 Å². The standard InChI is InChI=1S/C12H13ClFNO3S/c1-7-4-8(5-7)15-12(16)10-6-9(19(13,17)18)2-3-11(10)14/h2-3,6-8H,4-5H2,1H3,(H,15,16). The quantitative estimate of drug-likeness (QED) is 0.871. The highest BCUT2D eigenvalue weighted by atomic mass is 35.7. The van der Waals surface area contributed by atoms with Gasteiger partial charge in [0.2, 0.25) is 0 Å². The normalized spacial score (nSPS) is 22.7. The first-order chi connectivity index (χ1) is 8.77. The van der Waals surface area contributed by atoms with Gasteiger partial charge in [-0.05, 0) is 37.0 Å². The number of amides is 1. The molecule has 4 nitrogen and oxygen atoms in total. The van der Waals surface area contributed by atoms with Gasteiger partial charge in [-0.15, -0.1) is 0 Å². The molecule has 104 valence electrons. The molecule has 1 aliphatic carbocycles. The first-order valence-electron chi connectivity index (χ1n) is 5.82. The maximum atomic E-state index is 13.6. The lowest BCUT2D eigenvalue weighted by atomic mass is 9.82. The molecule has 0 atom stereocenters. The van der Waals surface area contributed by atoms with Gasteiger partial charge in [-0.3, -0.25) is 4.79 Å². The lowest BCUT2D eigenvalue weighted by Crippen LogP contribution is -2.43. The molecule has 2 rings (SSSR count). The molecule has 1 aliphatic rings. The van der Waals surface area contributed by atoms with Gasteiger partial charge in [0.1, 0.15) is 5.82 Å². The van der Waals surface area contributed by atoms with Crippen LogP contribution in [0.4, 0.5) is 4.39 Å². The first kappa shape index (κ1) is 14.3. The number of benzene rings is 1. The van der Waals surface area contributed by atoms with Gasteiger partial charge in [0, 0.05) is 16.7 Å². The van der Waals surface area contributed by atoms with E-state index in [1.54, 1.807) is 0 Å². The summed E-state index contributed by atoms with van der Waals surface area (Å²) in [5, 5.41) is 2.67. The lowest BCUT2D eigenvalue weighted by molar-refractivity contribution is 0.0891. The molecule has 1 amide bonds. The summed E-state index contributed by atoms with van der Waals surface area (Å²) >= 11 is 0. The Balaban J connectivity index is 2.21. The predicted octanol–water partition coefficient (Wildman–Crippen LogP) is 2.28. The average Bonchev–Trinajstić information content (AvgIpc) is 2.25. The minimum Gasteiger partial charge on any atom is -0.349 e. The maximum absolute atomic E-state index is 13.6. The van der Waals surface area contributed by atoms with Crippen LogP contribution in [0.5, 0.6) is 0 Å². The maximum Gasteiger partial charge on any atom is 0.261 e. The zero-order valence-electron chi connectivity index (χ0n) is 10.2. The lowest BCUT2D eigenvalue weighted by Gasteiger charge is -2.33. The number of hydrogen-bond acceptors (Lipinski definition) is 3. The molecule has 0 aromatic heterocycles. The van der Waals surface area contributed by atoms with E-state index in [2.05, 4.69) is 12.2 Å². The Hall–Kier alpha value is -1.14. The molecule has 0 saturated heterocycles. The largest absolute Gasteiger partial charge is 0.349 e. The van der Waals surface area contributed by atoms with Gasteiger partial charge in [-0.25, -0.2) is 12.8 Å². The Labute approximate surface area is 115 Å². The molecule has 19 heavy (non-hydrogen) atoms. The van der Waals surface area contributed by atoms with Crippen LogP contribution in [-0.2, 0) is 9.05 Å². The number of rotatable bonds is 3. The van der Waals surface area contributed by atoms with Crippen molar-refractivity contribution < 1.29 is 17.6 Å². The molecule has 0 heterocycles. The molecule has 0 aliphatic heterocycles. The average molecular weight is 306 g/mol. The number of hydrogen-bond donors (Lipinski definition) is 1. The van der Waals surface area contributed by atoms with Crippen LogP contribution in [0, 0.1) is 11.7 Å². The Morgan fingerprint density at radius 3 is 2.58 bits per heavy atom.